The largest absolute Gasteiger partial charge is 0.391 e. The Bertz CT molecular complexity index is 2780. The molecule has 0 aromatic carbocycles. The number of hydrogen-bond donors (Lipinski definition) is 6. The van der Waals surface area contributed by atoms with Crippen LogP contribution in [0.15, 0.2) is 36.5 Å². The number of urea groups is 1. The molecular weight excluding hydrogens is 1210 g/mol. The molecule has 0 saturated carbocycles. The smallest absolute Gasteiger partial charge is 0.312 e. The Hall–Kier alpha value is -5.10. The second-order valence-electron chi connectivity index (χ2n) is 28.3. The van der Waals surface area contributed by atoms with E-state index in [4.69, 9.17) is 57.8 Å². The zero-order chi connectivity index (χ0) is 65.8. The summed E-state index contributed by atoms with van der Waals surface area (Å²) in [6, 6.07) is -3.01. The molecule has 0 aromatic rings. The summed E-state index contributed by atoms with van der Waals surface area (Å²) in [7, 11) is 1.57. The number of Topliss-reactive ketones (excluding diaryl/α,β-unsaturated/α-hetero) is 2. The average Bonchev–Trinajstić information content (AvgIpc) is 1.50. The van der Waals surface area contributed by atoms with Crippen molar-refractivity contribution in [2.45, 2.75) is 252 Å². The van der Waals surface area contributed by atoms with E-state index >= 15 is 0 Å². The van der Waals surface area contributed by atoms with Crippen LogP contribution < -0.4 is 27.0 Å². The summed E-state index contributed by atoms with van der Waals surface area (Å²) in [5.41, 5.74) is 7.34. The van der Waals surface area contributed by atoms with E-state index in [0.29, 0.717) is 38.5 Å². The van der Waals surface area contributed by atoms with Crippen molar-refractivity contribution in [3.8, 4) is 0 Å². The summed E-state index contributed by atoms with van der Waals surface area (Å²) in [5, 5.41) is 22.7. The predicted octanol–water partition coefficient (Wildman–Crippen LogP) is 2.61. The van der Waals surface area contributed by atoms with Crippen LogP contribution >= 0.6 is 0 Å². The molecule has 12 rings (SSSR count). The molecule has 12 heterocycles. The number of amides is 7. The van der Waals surface area contributed by atoms with Gasteiger partial charge in [-0.25, -0.2) is 4.79 Å². The minimum Gasteiger partial charge on any atom is -0.391 e. The number of carbonyl (C=O) groups is 8. The van der Waals surface area contributed by atoms with Crippen LogP contribution in [0.3, 0.4) is 0 Å². The maximum Gasteiger partial charge on any atom is 0.312 e. The molecule has 516 valence electrons. The number of nitrogens with one attached hydrogen (secondary N) is 4. The minimum atomic E-state index is -1.19. The number of fused-ring (bicyclic) bond motifs is 6. The summed E-state index contributed by atoms with van der Waals surface area (Å²) in [6.07, 6.45) is 3.60. The number of ether oxygens (including phenoxy) is 11. The SMILES string of the molecule is C=C1C[C@@H]2CC[C@@]34C[C@H]5OC6C(O[C@H]7CC[C@H](CC(=O)C[C@@H]8[C@@H](OC)[C@@H](C[C@H](O)CNC(=O)[C@H](CCCNC(N)=O)NC(=O)[C@@H](NC(=O)CC9COCC(C(=O)CCCN%10C(=O)C=CC%10=O)COC9)C(C)C)O[C@H]8C[C@H]8O[C@@H](CC[C@@H]1O2)C[C@@H](C)C8=C)O[C@@H]7[C@@H]6O3)[C@H]5O4. The highest BCUT2D eigenvalue weighted by molar-refractivity contribution is 6.12. The Morgan fingerprint density at radius 1 is 0.753 bits per heavy atom. The van der Waals surface area contributed by atoms with Gasteiger partial charge in [-0.05, 0) is 87.2 Å². The topological polar surface area (TPSA) is 336 Å². The monoisotopic (exact) mass is 1310 g/mol. The van der Waals surface area contributed by atoms with Gasteiger partial charge in [0.25, 0.3) is 11.8 Å². The van der Waals surface area contributed by atoms with Gasteiger partial charge in [-0.2, -0.15) is 0 Å². The average molecular weight is 1310 g/mol. The molecule has 0 radical (unpaired) electrons. The van der Waals surface area contributed by atoms with E-state index in [1.165, 1.54) is 12.2 Å². The molecule has 26 heteroatoms. The van der Waals surface area contributed by atoms with Crippen molar-refractivity contribution >= 4 is 47.1 Å². The third-order valence-corrected chi connectivity index (χ3v) is 21.1. The van der Waals surface area contributed by atoms with Crippen molar-refractivity contribution in [2.75, 3.05) is 53.2 Å². The number of primary amides is 1. The maximum atomic E-state index is 14.6. The number of carbonyl (C=O) groups excluding carboxylic acids is 8. The van der Waals surface area contributed by atoms with E-state index in [9.17, 15) is 43.5 Å². The van der Waals surface area contributed by atoms with Crippen molar-refractivity contribution in [2.24, 2.45) is 35.3 Å². The molecule has 12 aliphatic heterocycles. The van der Waals surface area contributed by atoms with Crippen LogP contribution in [-0.4, -0.2) is 226 Å². The first-order valence-corrected chi connectivity index (χ1v) is 34.1. The van der Waals surface area contributed by atoms with E-state index in [2.05, 4.69) is 41.3 Å². The number of rotatable bonds is 21. The number of aliphatic hydroxyl groups excluding tert-OH is 1. The van der Waals surface area contributed by atoms with Crippen molar-refractivity contribution in [3.05, 3.63) is 36.5 Å². The Kier molecular flexibility index (Phi) is 22.7. The lowest BCUT2D eigenvalue weighted by Crippen LogP contribution is -2.61. The zero-order valence-electron chi connectivity index (χ0n) is 54.3. The van der Waals surface area contributed by atoms with Crippen LogP contribution in [0, 0.1) is 29.6 Å². The third-order valence-electron chi connectivity index (χ3n) is 21.1. The Morgan fingerprint density at radius 3 is 2.20 bits per heavy atom. The first-order chi connectivity index (χ1) is 44.6. The number of ketones is 2. The summed E-state index contributed by atoms with van der Waals surface area (Å²) in [4.78, 5) is 106. The quantitative estimate of drug-likeness (QED) is 0.0546. The van der Waals surface area contributed by atoms with Gasteiger partial charge in [0.2, 0.25) is 17.7 Å². The van der Waals surface area contributed by atoms with Crippen LogP contribution in [0.5, 0.6) is 0 Å². The van der Waals surface area contributed by atoms with Crippen molar-refractivity contribution in [3.63, 3.8) is 0 Å². The fourth-order valence-corrected chi connectivity index (χ4v) is 16.1. The highest BCUT2D eigenvalue weighted by atomic mass is 16.8. The lowest BCUT2D eigenvalue weighted by molar-refractivity contribution is -0.292. The van der Waals surface area contributed by atoms with Gasteiger partial charge in [-0.3, -0.25) is 38.5 Å². The van der Waals surface area contributed by atoms with Crippen molar-refractivity contribution in [1.29, 1.82) is 0 Å². The Balaban J connectivity index is 0.713. The van der Waals surface area contributed by atoms with Gasteiger partial charge in [0.15, 0.2) is 5.79 Å². The van der Waals surface area contributed by atoms with E-state index in [1.807, 2.05) is 0 Å². The number of nitrogens with two attached hydrogens (primary N) is 1. The molecule has 12 aliphatic rings. The fraction of sp³-hybridized carbons (Fsp3) is 0.791. The molecule has 1 spiro atoms. The predicted molar refractivity (Wildman–Crippen MR) is 329 cm³/mol. The second-order valence-corrected chi connectivity index (χ2v) is 28.3. The summed E-state index contributed by atoms with van der Waals surface area (Å²) >= 11 is 0. The summed E-state index contributed by atoms with van der Waals surface area (Å²) in [6.45, 7) is 14.9. The third kappa shape index (κ3) is 16.5. The van der Waals surface area contributed by atoms with Crippen LogP contribution in [0.2, 0.25) is 0 Å². The molecule has 0 aliphatic carbocycles. The van der Waals surface area contributed by atoms with Gasteiger partial charge in [0.1, 0.15) is 54.2 Å². The number of hydrogen-bond acceptors (Lipinski definition) is 20. The van der Waals surface area contributed by atoms with Gasteiger partial charge in [-0.1, -0.05) is 33.9 Å². The molecule has 26 nitrogen and oxygen atoms in total. The minimum absolute atomic E-state index is 0.00715. The van der Waals surface area contributed by atoms with E-state index in [-0.39, 0.29) is 157 Å². The van der Waals surface area contributed by atoms with Crippen LogP contribution in [-0.2, 0) is 85.7 Å². The van der Waals surface area contributed by atoms with Crippen LogP contribution in [0.1, 0.15) is 136 Å². The Labute approximate surface area is 543 Å². The summed E-state index contributed by atoms with van der Waals surface area (Å²) in [5.74, 6) is -5.30. The maximum absolute atomic E-state index is 14.6. The highest BCUT2D eigenvalue weighted by Gasteiger charge is 2.69. The van der Waals surface area contributed by atoms with E-state index < -0.39 is 126 Å². The van der Waals surface area contributed by atoms with Crippen LogP contribution in [0.25, 0.3) is 0 Å². The normalized spacial score (nSPS) is 38.5. The molecule has 0 aromatic heterocycles. The molecular formula is C67H98N6O20. The number of methoxy groups -OCH3 is 1. The first-order valence-electron chi connectivity index (χ1n) is 34.1. The van der Waals surface area contributed by atoms with Crippen LogP contribution in [0.4, 0.5) is 4.79 Å². The first kappa shape index (κ1) is 69.3. The molecule has 11 saturated heterocycles. The van der Waals surface area contributed by atoms with Gasteiger partial charge in [0, 0.05) is 102 Å². The van der Waals surface area contributed by atoms with Gasteiger partial charge in [-0.15, -0.1) is 0 Å². The van der Waals surface area contributed by atoms with Gasteiger partial charge >= 0.3 is 6.03 Å². The van der Waals surface area contributed by atoms with Crippen molar-refractivity contribution < 1.29 is 95.6 Å². The molecule has 93 heavy (non-hydrogen) atoms. The van der Waals surface area contributed by atoms with E-state index in [1.54, 1.807) is 21.0 Å². The molecule has 7 amide bonds. The highest BCUT2D eigenvalue weighted by Crippen LogP contribution is 2.54. The van der Waals surface area contributed by atoms with Gasteiger partial charge in [0.05, 0.1) is 99.5 Å². The molecule has 12 bridgehead atoms. The number of nitrogens with zero attached hydrogens (tertiary/aromatic N) is 1. The standard InChI is InChI=1S/C67H98N6O20/c1-34(2)57(72-54(77)23-38-30-84-32-39(33-85-31-38)47(76)10-8-20-73-55(78)15-16-56(73)79)65(81)71-46(9-7-19-69-66(68)82)64(80)70-29-41(75)26-52-58(83-6)45-25-40(74)24-43-12-14-49-59(88-43)63-62-61(90-49)60-53(91-62)28-67(92-60,93-63)18-17-44-22-36(4)48(86-44)13-11-42-21-35(3)37(5)50(87-42)27-51(45)89-52/h15-16,34-35,38-39,41-46,48-53,57-63,75H,4-5,7-14,17-33H2,1-3,6H3,(H,70,80)(H,71,81)(H,72,77)(H3,68,69,82)/t35-,38?,39?,41+,42+,43-,44+,45+,46+,48+,49+,50-,51+,52-,53-,57+,58-,59+,60+,61?,62?,63+,67+/m1/s1. The van der Waals surface area contributed by atoms with E-state index in [0.717, 1.165) is 48.2 Å². The number of imide groups is 1. The van der Waals surface area contributed by atoms with Gasteiger partial charge < -0.3 is 84.2 Å². The Morgan fingerprint density at radius 2 is 1.46 bits per heavy atom. The second kappa shape index (κ2) is 30.5. The lowest BCUT2D eigenvalue weighted by atomic mass is 9.81. The molecule has 21 atom stereocenters. The molecule has 2 unspecified atom stereocenters. The number of aliphatic hydroxyl groups is 1. The fourth-order valence-electron chi connectivity index (χ4n) is 16.1. The van der Waals surface area contributed by atoms with Crippen molar-refractivity contribution in [1.82, 2.24) is 26.2 Å². The molecule has 7 N–H and O–H groups in total. The zero-order valence-corrected chi connectivity index (χ0v) is 54.3. The molecule has 11 fully saturated rings. The summed E-state index contributed by atoms with van der Waals surface area (Å²) < 4.78 is 72.7. The lowest BCUT2D eigenvalue weighted by Gasteiger charge is -2.47.